The topological polar surface area (TPSA) is 65.3 Å². The Balaban J connectivity index is 1.55. The maximum Gasteiger partial charge on any atom is 0.240 e. The van der Waals surface area contributed by atoms with Crippen molar-refractivity contribution in [3.05, 3.63) is 88.6 Å². The number of fused-ring (bicyclic) bond motifs is 1. The minimum absolute atomic E-state index is 0.123. The van der Waals surface area contributed by atoms with Crippen molar-refractivity contribution >= 4 is 34.1 Å². The summed E-state index contributed by atoms with van der Waals surface area (Å²) in [5.74, 6) is 1.47. The second kappa shape index (κ2) is 10.2. The van der Waals surface area contributed by atoms with Crippen LogP contribution in [0.2, 0.25) is 5.02 Å². The highest BCUT2D eigenvalue weighted by Gasteiger charge is 2.34. The zero-order valence-electron chi connectivity index (χ0n) is 21.2. The van der Waals surface area contributed by atoms with E-state index in [9.17, 15) is 4.79 Å². The van der Waals surface area contributed by atoms with Gasteiger partial charge in [-0.15, -0.1) is 0 Å². The number of methoxy groups -OCH3 is 3. The molecule has 3 aromatic carbocycles. The van der Waals surface area contributed by atoms with Gasteiger partial charge in [0.15, 0.2) is 11.5 Å². The number of para-hydroxylation sites is 1. The molecule has 0 spiro atoms. The second-order valence-electron chi connectivity index (χ2n) is 8.90. The molecule has 0 saturated heterocycles. The van der Waals surface area contributed by atoms with Crippen LogP contribution in [0.1, 0.15) is 36.1 Å². The number of rotatable bonds is 7. The normalized spacial score (nSPS) is 15.1. The summed E-state index contributed by atoms with van der Waals surface area (Å²) in [6.07, 6.45) is 2.68. The fourth-order valence-electron chi connectivity index (χ4n) is 4.92. The number of nitrogens with zero attached hydrogens (tertiary/aromatic N) is 3. The summed E-state index contributed by atoms with van der Waals surface area (Å²) in [6, 6.07) is 19.6. The zero-order chi connectivity index (χ0) is 26.1. The number of hydrogen-bond acceptors (Lipinski definition) is 5. The lowest BCUT2D eigenvalue weighted by atomic mass is 9.97. The molecule has 1 aliphatic rings. The van der Waals surface area contributed by atoms with Crippen LogP contribution in [0.4, 0.5) is 0 Å². The van der Waals surface area contributed by atoms with Gasteiger partial charge >= 0.3 is 0 Å². The van der Waals surface area contributed by atoms with Crippen LogP contribution in [0, 0.1) is 0 Å². The Morgan fingerprint density at radius 2 is 1.68 bits per heavy atom. The first-order chi connectivity index (χ1) is 17.9. The van der Waals surface area contributed by atoms with Gasteiger partial charge in [-0.05, 0) is 35.9 Å². The highest BCUT2D eigenvalue weighted by molar-refractivity contribution is 6.30. The van der Waals surface area contributed by atoms with Crippen molar-refractivity contribution < 1.29 is 19.0 Å². The van der Waals surface area contributed by atoms with Crippen LogP contribution < -0.4 is 14.2 Å². The number of aromatic nitrogens is 1. The molecule has 1 atom stereocenters. The summed E-state index contributed by atoms with van der Waals surface area (Å²) in [5, 5.41) is 8.13. The molecule has 190 valence electrons. The van der Waals surface area contributed by atoms with Gasteiger partial charge in [0.1, 0.15) is 0 Å². The fourth-order valence-corrected chi connectivity index (χ4v) is 5.05. The third kappa shape index (κ3) is 4.62. The lowest BCUT2D eigenvalue weighted by Gasteiger charge is -2.19. The lowest BCUT2D eigenvalue weighted by Crippen LogP contribution is -2.24. The molecule has 37 heavy (non-hydrogen) atoms. The third-order valence-corrected chi connectivity index (χ3v) is 6.93. The van der Waals surface area contributed by atoms with Crippen LogP contribution in [0.5, 0.6) is 17.2 Å². The molecule has 0 aliphatic carbocycles. The van der Waals surface area contributed by atoms with Crippen molar-refractivity contribution in [2.75, 3.05) is 21.3 Å². The lowest BCUT2D eigenvalue weighted by molar-refractivity contribution is -0.130. The summed E-state index contributed by atoms with van der Waals surface area (Å²) >= 11 is 6.09. The highest BCUT2D eigenvalue weighted by Crippen LogP contribution is 2.42. The molecule has 0 saturated carbocycles. The van der Waals surface area contributed by atoms with Crippen molar-refractivity contribution in [1.82, 2.24) is 9.58 Å². The summed E-state index contributed by atoms with van der Waals surface area (Å²) in [5.41, 5.74) is 4.87. The minimum Gasteiger partial charge on any atom is -0.493 e. The predicted octanol–water partition coefficient (Wildman–Crippen LogP) is 6.07. The molecule has 4 aromatic rings. The van der Waals surface area contributed by atoms with E-state index in [1.807, 2.05) is 48.5 Å². The number of ether oxygens (including phenoxy) is 3. The third-order valence-electron chi connectivity index (χ3n) is 6.68. The van der Waals surface area contributed by atoms with E-state index in [0.29, 0.717) is 35.2 Å². The van der Waals surface area contributed by atoms with Crippen molar-refractivity contribution in [2.45, 2.75) is 25.9 Å². The monoisotopic (exact) mass is 517 g/mol. The minimum atomic E-state index is -0.247. The molecule has 0 fully saturated rings. The molecule has 8 heteroatoms. The number of hydrazone groups is 1. The van der Waals surface area contributed by atoms with Gasteiger partial charge in [0, 0.05) is 53.1 Å². The van der Waals surface area contributed by atoms with Gasteiger partial charge in [0.05, 0.1) is 33.1 Å². The first-order valence-electron chi connectivity index (χ1n) is 11.9. The van der Waals surface area contributed by atoms with Gasteiger partial charge < -0.3 is 18.8 Å². The standard InChI is InChI=1S/C29H28ClN3O4/c1-18(34)33-26(15-24(31-33)20-13-27(35-2)29(37-4)28(14-20)36-3)23-17-32(25-8-6-5-7-22(23)25)16-19-9-11-21(30)12-10-19/h5-14,17,26H,15-16H2,1-4H3. The van der Waals surface area contributed by atoms with Crippen LogP contribution in [0.3, 0.4) is 0 Å². The van der Waals surface area contributed by atoms with E-state index >= 15 is 0 Å². The molecule has 0 radical (unpaired) electrons. The highest BCUT2D eigenvalue weighted by atomic mass is 35.5. The molecule has 0 bridgehead atoms. The van der Waals surface area contributed by atoms with Crippen LogP contribution in [0.25, 0.3) is 10.9 Å². The number of carbonyl (C=O) groups excluding carboxylic acids is 1. The van der Waals surface area contributed by atoms with Crippen molar-refractivity contribution in [3.8, 4) is 17.2 Å². The Morgan fingerprint density at radius 1 is 1.00 bits per heavy atom. The van der Waals surface area contributed by atoms with E-state index in [1.165, 1.54) is 0 Å². The number of hydrogen-bond donors (Lipinski definition) is 0. The van der Waals surface area contributed by atoms with Gasteiger partial charge in [-0.1, -0.05) is 41.9 Å². The van der Waals surface area contributed by atoms with Crippen LogP contribution >= 0.6 is 11.6 Å². The van der Waals surface area contributed by atoms with E-state index in [2.05, 4.69) is 22.9 Å². The van der Waals surface area contributed by atoms with Gasteiger partial charge in [-0.2, -0.15) is 5.10 Å². The van der Waals surface area contributed by atoms with Gasteiger partial charge in [0.25, 0.3) is 0 Å². The van der Waals surface area contributed by atoms with E-state index < -0.39 is 0 Å². The Hall–Kier alpha value is -3.97. The van der Waals surface area contributed by atoms with Crippen molar-refractivity contribution in [2.24, 2.45) is 5.10 Å². The number of halogens is 1. The maximum absolute atomic E-state index is 12.7. The molecule has 5 rings (SSSR count). The Labute approximate surface area is 220 Å². The van der Waals surface area contributed by atoms with Crippen LogP contribution in [-0.4, -0.2) is 42.5 Å². The number of carbonyl (C=O) groups is 1. The van der Waals surface area contributed by atoms with Gasteiger partial charge in [-0.25, -0.2) is 5.01 Å². The average molecular weight is 518 g/mol. The molecule has 1 aliphatic heterocycles. The summed E-state index contributed by atoms with van der Waals surface area (Å²) in [7, 11) is 4.73. The second-order valence-corrected chi connectivity index (χ2v) is 9.34. The fraction of sp³-hybridized carbons (Fsp3) is 0.241. The maximum atomic E-state index is 12.7. The quantitative estimate of drug-likeness (QED) is 0.298. The van der Waals surface area contributed by atoms with E-state index in [-0.39, 0.29) is 11.9 Å². The first-order valence-corrected chi connectivity index (χ1v) is 12.3. The molecular weight excluding hydrogens is 490 g/mol. The summed E-state index contributed by atoms with van der Waals surface area (Å²) < 4.78 is 18.8. The molecule has 1 unspecified atom stereocenters. The Kier molecular flexibility index (Phi) is 6.80. The first kappa shape index (κ1) is 24.7. The predicted molar refractivity (Wildman–Crippen MR) is 145 cm³/mol. The smallest absolute Gasteiger partial charge is 0.240 e. The van der Waals surface area contributed by atoms with E-state index in [1.54, 1.807) is 33.3 Å². The Bertz CT molecular complexity index is 1470. The molecule has 2 heterocycles. The largest absolute Gasteiger partial charge is 0.493 e. The van der Waals surface area contributed by atoms with Crippen LogP contribution in [0.15, 0.2) is 72.0 Å². The molecule has 1 amide bonds. The van der Waals surface area contributed by atoms with Crippen molar-refractivity contribution in [1.29, 1.82) is 0 Å². The summed E-state index contributed by atoms with van der Waals surface area (Å²) in [4.78, 5) is 12.7. The average Bonchev–Trinajstić information content (AvgIpc) is 3.51. The van der Waals surface area contributed by atoms with Crippen molar-refractivity contribution in [3.63, 3.8) is 0 Å². The van der Waals surface area contributed by atoms with E-state index in [0.717, 1.165) is 33.3 Å². The molecular formula is C29H28ClN3O4. The Morgan fingerprint density at radius 3 is 2.30 bits per heavy atom. The molecule has 7 nitrogen and oxygen atoms in total. The SMILES string of the molecule is COc1cc(C2=NN(C(C)=O)C(c3cn(Cc4ccc(Cl)cc4)c4ccccc34)C2)cc(OC)c1OC. The zero-order valence-corrected chi connectivity index (χ0v) is 22.0. The number of benzene rings is 3. The van der Waals surface area contributed by atoms with Crippen LogP contribution in [-0.2, 0) is 11.3 Å². The van der Waals surface area contributed by atoms with E-state index in [4.69, 9.17) is 30.9 Å². The number of amides is 1. The summed E-state index contributed by atoms with van der Waals surface area (Å²) in [6.45, 7) is 2.23. The van der Waals surface area contributed by atoms with Gasteiger partial charge in [0.2, 0.25) is 11.7 Å². The molecule has 0 N–H and O–H groups in total. The molecule has 1 aromatic heterocycles. The van der Waals surface area contributed by atoms with Gasteiger partial charge in [-0.3, -0.25) is 4.79 Å².